The quantitative estimate of drug-likeness (QED) is 0.553. The number of hydrogen-bond donors (Lipinski definition) is 1. The Balaban J connectivity index is 1.74. The van der Waals surface area contributed by atoms with Crippen LogP contribution < -0.4 is 15.1 Å². The van der Waals surface area contributed by atoms with E-state index in [9.17, 15) is 4.79 Å². The van der Waals surface area contributed by atoms with Crippen LogP contribution in [0.25, 0.3) is 0 Å². The second-order valence-corrected chi connectivity index (χ2v) is 6.32. The van der Waals surface area contributed by atoms with Gasteiger partial charge in [0.15, 0.2) is 6.61 Å². The van der Waals surface area contributed by atoms with E-state index in [1.165, 1.54) is 18.4 Å². The Bertz CT molecular complexity index is 707. The van der Waals surface area contributed by atoms with E-state index in [0.717, 1.165) is 17.7 Å². The van der Waals surface area contributed by atoms with Crippen LogP contribution in [0.2, 0.25) is 0 Å². The van der Waals surface area contributed by atoms with Crippen LogP contribution in [0.4, 0.5) is 5.69 Å². The summed E-state index contributed by atoms with van der Waals surface area (Å²) in [6, 6.07) is 15.8. The van der Waals surface area contributed by atoms with Crippen LogP contribution in [0.3, 0.4) is 0 Å². The summed E-state index contributed by atoms with van der Waals surface area (Å²) in [7, 11) is 3.98. The first-order valence-corrected chi connectivity index (χ1v) is 8.89. The number of rotatable bonds is 9. The molecule has 0 saturated carbocycles. The minimum atomic E-state index is -0.291. The van der Waals surface area contributed by atoms with E-state index in [-0.39, 0.29) is 12.5 Å². The average Bonchev–Trinajstić information content (AvgIpc) is 2.66. The van der Waals surface area contributed by atoms with Crippen molar-refractivity contribution in [3.8, 4) is 5.75 Å². The Morgan fingerprint density at radius 3 is 2.42 bits per heavy atom. The van der Waals surface area contributed by atoms with Gasteiger partial charge < -0.3 is 9.64 Å². The lowest BCUT2D eigenvalue weighted by Gasteiger charge is -2.11. The molecule has 2 aromatic carbocycles. The minimum absolute atomic E-state index is 0.0643. The van der Waals surface area contributed by atoms with Gasteiger partial charge in [-0.05, 0) is 48.2 Å². The number of amides is 1. The molecule has 1 amide bonds. The molecule has 0 aliphatic heterocycles. The fourth-order valence-corrected chi connectivity index (χ4v) is 2.35. The molecule has 0 unspecified atom stereocenters. The normalized spacial score (nSPS) is 10.7. The number of benzene rings is 2. The van der Waals surface area contributed by atoms with Crippen molar-refractivity contribution in [3.63, 3.8) is 0 Å². The second-order valence-electron chi connectivity index (χ2n) is 6.32. The predicted molar refractivity (Wildman–Crippen MR) is 107 cm³/mol. The van der Waals surface area contributed by atoms with Crippen molar-refractivity contribution in [2.75, 3.05) is 25.6 Å². The van der Waals surface area contributed by atoms with Crippen molar-refractivity contribution >= 4 is 17.8 Å². The molecule has 0 bridgehead atoms. The number of hydrogen-bond acceptors (Lipinski definition) is 4. The van der Waals surface area contributed by atoms with Crippen LogP contribution in [-0.2, 0) is 11.2 Å². The first-order valence-electron chi connectivity index (χ1n) is 8.89. The lowest BCUT2D eigenvalue weighted by molar-refractivity contribution is -0.123. The lowest BCUT2D eigenvalue weighted by Crippen LogP contribution is -2.24. The second kappa shape index (κ2) is 10.2. The van der Waals surface area contributed by atoms with E-state index in [1.54, 1.807) is 6.21 Å². The van der Waals surface area contributed by atoms with Crippen LogP contribution in [0.5, 0.6) is 5.75 Å². The smallest absolute Gasteiger partial charge is 0.277 e. The molecule has 5 nitrogen and oxygen atoms in total. The summed E-state index contributed by atoms with van der Waals surface area (Å²) in [5.74, 6) is 0.393. The molecule has 26 heavy (non-hydrogen) atoms. The Morgan fingerprint density at radius 2 is 1.81 bits per heavy atom. The number of carbonyl (C=O) groups is 1. The van der Waals surface area contributed by atoms with Crippen LogP contribution in [0, 0.1) is 0 Å². The summed E-state index contributed by atoms with van der Waals surface area (Å²) in [4.78, 5) is 13.8. The van der Waals surface area contributed by atoms with Crippen molar-refractivity contribution in [2.24, 2.45) is 5.10 Å². The molecule has 0 fully saturated rings. The van der Waals surface area contributed by atoms with Crippen molar-refractivity contribution in [1.29, 1.82) is 0 Å². The SMILES string of the molecule is CCCCc1ccc(OCC(=O)N/N=C\c2ccc(N(C)C)cc2)cc1. The van der Waals surface area contributed by atoms with Gasteiger partial charge in [0.2, 0.25) is 0 Å². The largest absolute Gasteiger partial charge is 0.484 e. The summed E-state index contributed by atoms with van der Waals surface area (Å²) < 4.78 is 5.48. The molecule has 5 heteroatoms. The summed E-state index contributed by atoms with van der Waals surface area (Å²) in [6.45, 7) is 2.11. The summed E-state index contributed by atoms with van der Waals surface area (Å²) >= 11 is 0. The molecule has 0 aromatic heterocycles. The molecular formula is C21H27N3O2. The Morgan fingerprint density at radius 1 is 1.12 bits per heavy atom. The van der Waals surface area contributed by atoms with Crippen molar-refractivity contribution in [2.45, 2.75) is 26.2 Å². The molecule has 0 aliphatic rings. The minimum Gasteiger partial charge on any atom is -0.484 e. The molecule has 0 saturated heterocycles. The van der Waals surface area contributed by atoms with E-state index >= 15 is 0 Å². The Hall–Kier alpha value is -2.82. The molecule has 0 atom stereocenters. The zero-order valence-corrected chi connectivity index (χ0v) is 15.7. The molecule has 2 aromatic rings. The zero-order chi connectivity index (χ0) is 18.8. The molecule has 0 aliphatic carbocycles. The van der Waals surface area contributed by atoms with Gasteiger partial charge in [-0.2, -0.15) is 5.10 Å². The van der Waals surface area contributed by atoms with E-state index in [4.69, 9.17) is 4.74 Å². The van der Waals surface area contributed by atoms with Gasteiger partial charge in [0.1, 0.15) is 5.75 Å². The van der Waals surface area contributed by atoms with E-state index < -0.39 is 0 Å². The Labute approximate surface area is 155 Å². The van der Waals surface area contributed by atoms with Gasteiger partial charge in [-0.15, -0.1) is 0 Å². The number of unbranched alkanes of at least 4 members (excludes halogenated alkanes) is 1. The third-order valence-corrected chi connectivity index (χ3v) is 3.92. The van der Waals surface area contributed by atoms with Crippen LogP contribution in [-0.4, -0.2) is 32.8 Å². The third kappa shape index (κ3) is 6.59. The highest BCUT2D eigenvalue weighted by Gasteiger charge is 2.02. The van der Waals surface area contributed by atoms with E-state index in [1.807, 2.05) is 67.5 Å². The molecule has 0 heterocycles. The summed E-state index contributed by atoms with van der Waals surface area (Å²) in [6.07, 6.45) is 5.04. The maximum absolute atomic E-state index is 11.8. The maximum atomic E-state index is 11.8. The summed E-state index contributed by atoms with van der Waals surface area (Å²) in [5.41, 5.74) is 5.79. The van der Waals surface area contributed by atoms with Gasteiger partial charge in [-0.3, -0.25) is 4.79 Å². The fraction of sp³-hybridized carbons (Fsp3) is 0.333. The van der Waals surface area contributed by atoms with Gasteiger partial charge in [0.05, 0.1) is 6.21 Å². The number of hydrazone groups is 1. The zero-order valence-electron chi connectivity index (χ0n) is 15.7. The average molecular weight is 353 g/mol. The molecule has 1 N–H and O–H groups in total. The third-order valence-electron chi connectivity index (χ3n) is 3.92. The molecular weight excluding hydrogens is 326 g/mol. The standard InChI is InChI=1S/C21H27N3O2/c1-4-5-6-17-9-13-20(14-10-17)26-16-21(25)23-22-15-18-7-11-19(12-8-18)24(2)3/h7-15H,4-6,16H2,1-3H3,(H,23,25)/b22-15-. The maximum Gasteiger partial charge on any atom is 0.277 e. The molecule has 2 rings (SSSR count). The highest BCUT2D eigenvalue weighted by Crippen LogP contribution is 2.14. The highest BCUT2D eigenvalue weighted by molar-refractivity contribution is 5.83. The topological polar surface area (TPSA) is 53.9 Å². The monoisotopic (exact) mass is 353 g/mol. The predicted octanol–water partition coefficient (Wildman–Crippen LogP) is 3.62. The lowest BCUT2D eigenvalue weighted by atomic mass is 10.1. The van der Waals surface area contributed by atoms with Crippen molar-refractivity contribution in [1.82, 2.24) is 5.43 Å². The molecule has 0 spiro atoms. The first kappa shape index (κ1) is 19.5. The van der Waals surface area contributed by atoms with Gasteiger partial charge in [-0.1, -0.05) is 37.6 Å². The number of nitrogens with zero attached hydrogens (tertiary/aromatic N) is 2. The fourth-order valence-electron chi connectivity index (χ4n) is 2.35. The van der Waals surface area contributed by atoms with E-state index in [0.29, 0.717) is 5.75 Å². The number of ether oxygens (including phenoxy) is 1. The number of carbonyl (C=O) groups excluding carboxylic acids is 1. The summed E-state index contributed by atoms with van der Waals surface area (Å²) in [5, 5.41) is 3.96. The van der Waals surface area contributed by atoms with Crippen LogP contribution >= 0.6 is 0 Å². The highest BCUT2D eigenvalue weighted by atomic mass is 16.5. The Kier molecular flexibility index (Phi) is 7.68. The number of aryl methyl sites for hydroxylation is 1. The van der Waals surface area contributed by atoms with Crippen molar-refractivity contribution < 1.29 is 9.53 Å². The van der Waals surface area contributed by atoms with Gasteiger partial charge in [-0.25, -0.2) is 5.43 Å². The van der Waals surface area contributed by atoms with E-state index in [2.05, 4.69) is 17.5 Å². The van der Waals surface area contributed by atoms with Crippen molar-refractivity contribution in [3.05, 3.63) is 59.7 Å². The van der Waals surface area contributed by atoms with Gasteiger partial charge >= 0.3 is 0 Å². The van der Waals surface area contributed by atoms with Gasteiger partial charge in [0, 0.05) is 19.8 Å². The number of nitrogens with one attached hydrogen (secondary N) is 1. The molecule has 0 radical (unpaired) electrons. The molecule has 138 valence electrons. The number of anilines is 1. The van der Waals surface area contributed by atoms with Gasteiger partial charge in [0.25, 0.3) is 5.91 Å². The first-order chi connectivity index (χ1) is 12.6. The van der Waals surface area contributed by atoms with Crippen LogP contribution in [0.1, 0.15) is 30.9 Å². The van der Waals surface area contributed by atoms with Crippen LogP contribution in [0.15, 0.2) is 53.6 Å².